The van der Waals surface area contributed by atoms with Crippen LogP contribution in [-0.4, -0.2) is 33.4 Å². The number of carbonyl (C=O) groups is 3. The molecule has 1 aliphatic rings. The molecule has 1 aliphatic heterocycles. The van der Waals surface area contributed by atoms with Crippen molar-refractivity contribution in [2.45, 2.75) is 20.5 Å². The Morgan fingerprint density at radius 3 is 2.41 bits per heavy atom. The SMILES string of the molecule is Cc1ccc(NC(=O)CN2C(=O)S/C(=C/c3ccc(OCc4ccc([N+](=O)[O-])cc4)cc3)C2=O)c(C)c1. The molecule has 0 spiro atoms. The fourth-order valence-corrected chi connectivity index (χ4v) is 4.45. The molecule has 9 nitrogen and oxygen atoms in total. The first-order valence-electron chi connectivity index (χ1n) is 11.3. The van der Waals surface area contributed by atoms with Gasteiger partial charge in [0, 0.05) is 17.8 Å². The molecule has 1 fully saturated rings. The van der Waals surface area contributed by atoms with Crippen LogP contribution < -0.4 is 10.1 Å². The second-order valence-electron chi connectivity index (χ2n) is 8.42. The van der Waals surface area contributed by atoms with Crippen molar-refractivity contribution in [2.75, 3.05) is 11.9 Å². The molecule has 0 bridgehead atoms. The van der Waals surface area contributed by atoms with Gasteiger partial charge in [-0.3, -0.25) is 29.4 Å². The first-order chi connectivity index (χ1) is 17.7. The van der Waals surface area contributed by atoms with Gasteiger partial charge in [-0.2, -0.15) is 0 Å². The molecule has 3 aromatic carbocycles. The fraction of sp³-hybridized carbons (Fsp3) is 0.148. The number of anilines is 1. The van der Waals surface area contributed by atoms with Gasteiger partial charge in [-0.15, -0.1) is 0 Å². The van der Waals surface area contributed by atoms with Crippen molar-refractivity contribution >= 4 is 46.3 Å². The number of imide groups is 1. The van der Waals surface area contributed by atoms with Crippen molar-refractivity contribution in [3.05, 3.63) is 104 Å². The number of amides is 3. The lowest BCUT2D eigenvalue weighted by Crippen LogP contribution is -2.36. The monoisotopic (exact) mass is 517 g/mol. The minimum absolute atomic E-state index is 0.0134. The molecule has 3 amide bonds. The Morgan fingerprint density at radius 2 is 1.76 bits per heavy atom. The molecule has 0 aliphatic carbocycles. The van der Waals surface area contributed by atoms with Gasteiger partial charge in [0.25, 0.3) is 16.8 Å². The minimum atomic E-state index is -0.524. The molecule has 1 heterocycles. The summed E-state index contributed by atoms with van der Waals surface area (Å²) in [4.78, 5) is 49.1. The summed E-state index contributed by atoms with van der Waals surface area (Å²) in [5.41, 5.74) is 4.07. The maximum Gasteiger partial charge on any atom is 0.294 e. The lowest BCUT2D eigenvalue weighted by Gasteiger charge is -2.14. The van der Waals surface area contributed by atoms with Gasteiger partial charge < -0.3 is 10.1 Å². The predicted octanol–water partition coefficient (Wildman–Crippen LogP) is 5.47. The number of ether oxygens (including phenoxy) is 1. The van der Waals surface area contributed by atoms with Crippen LogP contribution in [0.2, 0.25) is 0 Å². The minimum Gasteiger partial charge on any atom is -0.489 e. The van der Waals surface area contributed by atoms with Crippen LogP contribution in [0.5, 0.6) is 5.75 Å². The van der Waals surface area contributed by atoms with E-state index in [0.29, 0.717) is 17.0 Å². The number of nitrogens with one attached hydrogen (secondary N) is 1. The van der Waals surface area contributed by atoms with Gasteiger partial charge in [0.1, 0.15) is 18.9 Å². The van der Waals surface area contributed by atoms with Gasteiger partial charge in [0.15, 0.2) is 0 Å². The Morgan fingerprint density at radius 1 is 1.05 bits per heavy atom. The Balaban J connectivity index is 1.34. The van der Waals surface area contributed by atoms with E-state index in [0.717, 1.165) is 33.4 Å². The molecule has 1 N–H and O–H groups in total. The van der Waals surface area contributed by atoms with Crippen LogP contribution >= 0.6 is 11.8 Å². The van der Waals surface area contributed by atoms with E-state index in [4.69, 9.17) is 4.74 Å². The highest BCUT2D eigenvalue weighted by Gasteiger charge is 2.36. The van der Waals surface area contributed by atoms with E-state index in [9.17, 15) is 24.5 Å². The quantitative estimate of drug-likeness (QED) is 0.239. The van der Waals surface area contributed by atoms with E-state index < -0.39 is 22.0 Å². The van der Waals surface area contributed by atoms with E-state index in [1.165, 1.54) is 12.1 Å². The zero-order valence-electron chi connectivity index (χ0n) is 20.1. The third-order valence-corrected chi connectivity index (χ3v) is 6.47. The highest BCUT2D eigenvalue weighted by atomic mass is 32.2. The number of nitro benzene ring substituents is 1. The van der Waals surface area contributed by atoms with Gasteiger partial charge in [-0.05, 0) is 78.7 Å². The molecule has 188 valence electrons. The number of benzene rings is 3. The normalized spacial score (nSPS) is 14.2. The van der Waals surface area contributed by atoms with Gasteiger partial charge in [-0.25, -0.2) is 0 Å². The van der Waals surface area contributed by atoms with Gasteiger partial charge in [0.05, 0.1) is 9.83 Å². The fourth-order valence-electron chi connectivity index (χ4n) is 3.62. The average Bonchev–Trinajstić information content (AvgIpc) is 3.12. The number of rotatable bonds is 8. The summed E-state index contributed by atoms with van der Waals surface area (Å²) in [6.45, 7) is 3.69. The largest absolute Gasteiger partial charge is 0.489 e. The Bertz CT molecular complexity index is 1400. The van der Waals surface area contributed by atoms with Crippen molar-refractivity contribution in [1.82, 2.24) is 4.90 Å². The lowest BCUT2D eigenvalue weighted by molar-refractivity contribution is -0.384. The molecule has 0 saturated carbocycles. The number of non-ortho nitro benzene ring substituents is 1. The summed E-state index contributed by atoms with van der Waals surface area (Å²) < 4.78 is 5.71. The standard InChI is InChI=1S/C27H23N3O6S/c1-17-3-12-23(18(2)13-17)28-25(31)15-29-26(32)24(37-27(29)33)14-19-6-10-22(11-7-19)36-16-20-4-8-21(9-5-20)30(34)35/h3-14H,15-16H2,1-2H3,(H,28,31)/b24-14+. The van der Waals surface area contributed by atoms with Crippen LogP contribution in [0.1, 0.15) is 22.3 Å². The van der Waals surface area contributed by atoms with Crippen molar-refractivity contribution in [2.24, 2.45) is 0 Å². The Hall–Kier alpha value is -4.44. The van der Waals surface area contributed by atoms with Crippen LogP contribution in [0.4, 0.5) is 16.2 Å². The van der Waals surface area contributed by atoms with E-state index in [1.54, 1.807) is 48.5 Å². The molecule has 0 radical (unpaired) electrons. The van der Waals surface area contributed by atoms with Crippen molar-refractivity contribution < 1.29 is 24.0 Å². The number of carbonyl (C=O) groups excluding carboxylic acids is 3. The van der Waals surface area contributed by atoms with E-state index in [2.05, 4.69) is 5.32 Å². The zero-order valence-corrected chi connectivity index (χ0v) is 20.9. The van der Waals surface area contributed by atoms with Crippen LogP contribution in [0.25, 0.3) is 6.08 Å². The van der Waals surface area contributed by atoms with Crippen LogP contribution in [0.3, 0.4) is 0 Å². The van der Waals surface area contributed by atoms with Crippen LogP contribution in [0, 0.1) is 24.0 Å². The number of aryl methyl sites for hydroxylation is 2. The third kappa shape index (κ3) is 6.42. The smallest absolute Gasteiger partial charge is 0.294 e. The molecule has 0 unspecified atom stereocenters. The Labute approximate surface area is 217 Å². The van der Waals surface area contributed by atoms with E-state index >= 15 is 0 Å². The first-order valence-corrected chi connectivity index (χ1v) is 12.1. The molecule has 10 heteroatoms. The van der Waals surface area contributed by atoms with E-state index in [-0.39, 0.29) is 23.7 Å². The van der Waals surface area contributed by atoms with Crippen LogP contribution in [0.15, 0.2) is 71.6 Å². The topological polar surface area (TPSA) is 119 Å². The molecule has 0 aromatic heterocycles. The Kier molecular flexibility index (Phi) is 7.69. The van der Waals surface area contributed by atoms with Crippen LogP contribution in [-0.2, 0) is 16.2 Å². The second-order valence-corrected chi connectivity index (χ2v) is 9.41. The molecule has 37 heavy (non-hydrogen) atoms. The summed E-state index contributed by atoms with van der Waals surface area (Å²) in [7, 11) is 0. The van der Waals surface area contributed by atoms with Gasteiger partial charge in [0.2, 0.25) is 5.91 Å². The number of nitrogens with zero attached hydrogens (tertiary/aromatic N) is 2. The van der Waals surface area contributed by atoms with Gasteiger partial charge >= 0.3 is 0 Å². The summed E-state index contributed by atoms with van der Waals surface area (Å²) in [5.74, 6) is -0.402. The highest BCUT2D eigenvalue weighted by Crippen LogP contribution is 2.32. The highest BCUT2D eigenvalue weighted by molar-refractivity contribution is 8.18. The maximum absolute atomic E-state index is 12.8. The average molecular weight is 518 g/mol. The zero-order chi connectivity index (χ0) is 26.5. The van der Waals surface area contributed by atoms with Crippen molar-refractivity contribution in [1.29, 1.82) is 0 Å². The molecule has 0 atom stereocenters. The predicted molar refractivity (Wildman–Crippen MR) is 141 cm³/mol. The van der Waals surface area contributed by atoms with E-state index in [1.807, 2.05) is 26.0 Å². The summed E-state index contributed by atoms with van der Waals surface area (Å²) in [6.07, 6.45) is 1.59. The summed E-state index contributed by atoms with van der Waals surface area (Å²) >= 11 is 0.784. The molecule has 4 rings (SSSR count). The summed E-state index contributed by atoms with van der Waals surface area (Å²) in [6, 6.07) is 18.6. The molecular weight excluding hydrogens is 494 g/mol. The lowest BCUT2D eigenvalue weighted by atomic mass is 10.1. The number of hydrogen-bond acceptors (Lipinski definition) is 7. The van der Waals surface area contributed by atoms with Gasteiger partial charge in [-0.1, -0.05) is 29.8 Å². The molecular formula is C27H23N3O6S. The second kappa shape index (κ2) is 11.1. The van der Waals surface area contributed by atoms with Crippen molar-refractivity contribution in [3.8, 4) is 5.75 Å². The summed E-state index contributed by atoms with van der Waals surface area (Å²) in [5, 5.41) is 13.0. The first kappa shape index (κ1) is 25.6. The molecule has 1 saturated heterocycles. The number of thioether (sulfide) groups is 1. The maximum atomic E-state index is 12.8. The number of nitro groups is 1. The van der Waals surface area contributed by atoms with Crippen molar-refractivity contribution in [3.63, 3.8) is 0 Å². The third-order valence-electron chi connectivity index (χ3n) is 5.56. The molecule has 3 aromatic rings. The number of hydrogen-bond donors (Lipinski definition) is 1.